The van der Waals surface area contributed by atoms with E-state index in [0.717, 1.165) is 5.56 Å². The third kappa shape index (κ3) is 3.16. The number of amides is 1. The first-order chi connectivity index (χ1) is 9.06. The Kier molecular flexibility index (Phi) is 3.56. The number of aromatic hydroxyl groups is 3. The number of hydrogen-bond acceptors (Lipinski definition) is 4. The van der Waals surface area contributed by atoms with Gasteiger partial charge >= 0.3 is 0 Å². The normalized spacial score (nSPS) is 10.1. The van der Waals surface area contributed by atoms with Gasteiger partial charge in [0.05, 0.1) is 0 Å². The Labute approximate surface area is 109 Å². The van der Waals surface area contributed by atoms with Crippen LogP contribution >= 0.6 is 0 Å². The van der Waals surface area contributed by atoms with Gasteiger partial charge in [-0.3, -0.25) is 4.79 Å². The average Bonchev–Trinajstić information content (AvgIpc) is 2.41. The van der Waals surface area contributed by atoms with Gasteiger partial charge in [0.1, 0.15) is 5.75 Å². The van der Waals surface area contributed by atoms with Gasteiger partial charge in [-0.2, -0.15) is 0 Å². The molecule has 19 heavy (non-hydrogen) atoms. The molecular weight excluding hydrogens is 246 g/mol. The molecule has 1 amide bonds. The van der Waals surface area contributed by atoms with E-state index in [4.69, 9.17) is 10.2 Å². The zero-order valence-electron chi connectivity index (χ0n) is 10.00. The summed E-state index contributed by atoms with van der Waals surface area (Å²) in [7, 11) is 0. The summed E-state index contributed by atoms with van der Waals surface area (Å²) in [6, 6.07) is 10.3. The topological polar surface area (TPSA) is 89.8 Å². The van der Waals surface area contributed by atoms with Crippen LogP contribution in [0.3, 0.4) is 0 Å². The van der Waals surface area contributed by atoms with E-state index in [-0.39, 0.29) is 28.7 Å². The Bertz CT molecular complexity index is 593. The molecule has 0 heterocycles. The number of phenols is 3. The first kappa shape index (κ1) is 12.8. The van der Waals surface area contributed by atoms with E-state index in [9.17, 15) is 9.90 Å². The molecule has 98 valence electrons. The highest BCUT2D eigenvalue weighted by atomic mass is 16.3. The monoisotopic (exact) mass is 259 g/mol. The van der Waals surface area contributed by atoms with Gasteiger partial charge in [0, 0.05) is 12.1 Å². The molecule has 5 nitrogen and oxygen atoms in total. The van der Waals surface area contributed by atoms with Gasteiger partial charge in [0.25, 0.3) is 5.91 Å². The van der Waals surface area contributed by atoms with Crippen molar-refractivity contribution in [2.45, 2.75) is 6.54 Å². The predicted molar refractivity (Wildman–Crippen MR) is 69.0 cm³/mol. The summed E-state index contributed by atoms with van der Waals surface area (Å²) in [5, 5.41) is 30.3. The minimum absolute atomic E-state index is 0.165. The predicted octanol–water partition coefficient (Wildman–Crippen LogP) is 1.73. The number of phenolic OH excluding ortho intramolecular Hbond substituents is 3. The zero-order valence-corrected chi connectivity index (χ0v) is 10.00. The summed E-state index contributed by atoms with van der Waals surface area (Å²) in [5.74, 6) is -0.797. The Balaban J connectivity index is 2.01. The number of carbonyl (C=O) groups excluding carboxylic acids is 1. The Morgan fingerprint density at radius 2 is 1.63 bits per heavy atom. The average molecular weight is 259 g/mol. The van der Waals surface area contributed by atoms with Crippen molar-refractivity contribution >= 4 is 5.91 Å². The fraction of sp³-hybridized carbons (Fsp3) is 0.0714. The molecule has 0 aliphatic heterocycles. The highest BCUT2D eigenvalue weighted by molar-refractivity contribution is 5.94. The van der Waals surface area contributed by atoms with Gasteiger partial charge in [-0.15, -0.1) is 0 Å². The number of rotatable bonds is 3. The minimum atomic E-state index is -0.358. The molecule has 0 radical (unpaired) electrons. The first-order valence-corrected chi connectivity index (χ1v) is 5.64. The second kappa shape index (κ2) is 5.30. The van der Waals surface area contributed by atoms with Crippen LogP contribution in [0.4, 0.5) is 0 Å². The van der Waals surface area contributed by atoms with E-state index in [1.54, 1.807) is 12.1 Å². The van der Waals surface area contributed by atoms with Crippen molar-refractivity contribution in [2.75, 3.05) is 0 Å². The lowest BCUT2D eigenvalue weighted by atomic mass is 10.1. The smallest absolute Gasteiger partial charge is 0.251 e. The Hall–Kier alpha value is -2.69. The summed E-state index contributed by atoms with van der Waals surface area (Å²) in [6.07, 6.45) is 0. The fourth-order valence-corrected chi connectivity index (χ4v) is 1.56. The summed E-state index contributed by atoms with van der Waals surface area (Å²) in [5.41, 5.74) is 1.10. The molecule has 0 aromatic heterocycles. The van der Waals surface area contributed by atoms with Gasteiger partial charge in [-0.05, 0) is 35.9 Å². The maximum atomic E-state index is 11.8. The Morgan fingerprint density at radius 1 is 0.947 bits per heavy atom. The fourth-order valence-electron chi connectivity index (χ4n) is 1.56. The minimum Gasteiger partial charge on any atom is -0.508 e. The largest absolute Gasteiger partial charge is 0.508 e. The third-order valence-corrected chi connectivity index (χ3v) is 2.63. The van der Waals surface area contributed by atoms with Crippen LogP contribution in [0.1, 0.15) is 15.9 Å². The number of nitrogens with one attached hydrogen (secondary N) is 1. The second-order valence-corrected chi connectivity index (χ2v) is 4.05. The van der Waals surface area contributed by atoms with Crippen LogP contribution in [0.15, 0.2) is 42.5 Å². The van der Waals surface area contributed by atoms with E-state index >= 15 is 0 Å². The molecule has 4 N–H and O–H groups in total. The van der Waals surface area contributed by atoms with Crippen molar-refractivity contribution in [1.29, 1.82) is 0 Å². The molecule has 2 aromatic carbocycles. The number of carbonyl (C=O) groups is 1. The van der Waals surface area contributed by atoms with Crippen LogP contribution in [0, 0.1) is 0 Å². The highest BCUT2D eigenvalue weighted by Crippen LogP contribution is 2.24. The van der Waals surface area contributed by atoms with Crippen LogP contribution in [-0.2, 0) is 6.54 Å². The van der Waals surface area contributed by atoms with Gasteiger partial charge < -0.3 is 20.6 Å². The first-order valence-electron chi connectivity index (χ1n) is 5.64. The Morgan fingerprint density at radius 3 is 2.26 bits per heavy atom. The van der Waals surface area contributed by atoms with Crippen LogP contribution in [0.25, 0.3) is 0 Å². The molecule has 0 fully saturated rings. The van der Waals surface area contributed by atoms with Crippen molar-refractivity contribution in [3.8, 4) is 17.2 Å². The van der Waals surface area contributed by atoms with E-state index in [0.29, 0.717) is 6.54 Å². The highest BCUT2D eigenvalue weighted by Gasteiger charge is 2.08. The van der Waals surface area contributed by atoms with Crippen LogP contribution < -0.4 is 5.32 Å². The number of hydrogen-bond donors (Lipinski definition) is 4. The molecule has 0 aliphatic rings. The molecule has 0 saturated heterocycles. The lowest BCUT2D eigenvalue weighted by molar-refractivity contribution is 0.0950. The summed E-state index contributed by atoms with van der Waals surface area (Å²) < 4.78 is 0. The lowest BCUT2D eigenvalue weighted by Gasteiger charge is -2.06. The lowest BCUT2D eigenvalue weighted by Crippen LogP contribution is -2.22. The molecule has 0 aliphatic carbocycles. The molecule has 5 heteroatoms. The van der Waals surface area contributed by atoms with Crippen LogP contribution in [-0.4, -0.2) is 21.2 Å². The molecule has 2 rings (SSSR count). The van der Waals surface area contributed by atoms with E-state index in [1.165, 1.54) is 30.3 Å². The van der Waals surface area contributed by atoms with E-state index in [1.807, 2.05) is 0 Å². The summed E-state index contributed by atoms with van der Waals surface area (Å²) in [4.78, 5) is 11.8. The number of benzene rings is 2. The van der Waals surface area contributed by atoms with Gasteiger partial charge in [-0.25, -0.2) is 0 Å². The molecular formula is C14H13NO4. The van der Waals surface area contributed by atoms with Crippen molar-refractivity contribution in [3.63, 3.8) is 0 Å². The third-order valence-electron chi connectivity index (χ3n) is 2.63. The van der Waals surface area contributed by atoms with Gasteiger partial charge in [0.2, 0.25) is 0 Å². The molecule has 0 saturated carbocycles. The molecule has 2 aromatic rings. The van der Waals surface area contributed by atoms with E-state index in [2.05, 4.69) is 5.32 Å². The van der Waals surface area contributed by atoms with Crippen molar-refractivity contribution < 1.29 is 20.1 Å². The maximum absolute atomic E-state index is 11.8. The molecule has 0 spiro atoms. The second-order valence-electron chi connectivity index (χ2n) is 4.05. The summed E-state index contributed by atoms with van der Waals surface area (Å²) >= 11 is 0. The molecule has 0 unspecified atom stereocenters. The SMILES string of the molecule is O=C(NCc1ccc(O)cc1)c1ccc(O)c(O)c1. The standard InChI is InChI=1S/C14H13NO4/c16-11-4-1-9(2-5-11)8-15-14(19)10-3-6-12(17)13(18)7-10/h1-7,16-18H,8H2,(H,15,19). The quantitative estimate of drug-likeness (QED) is 0.632. The van der Waals surface area contributed by atoms with Crippen LogP contribution in [0.2, 0.25) is 0 Å². The van der Waals surface area contributed by atoms with Crippen molar-refractivity contribution in [2.24, 2.45) is 0 Å². The van der Waals surface area contributed by atoms with E-state index < -0.39 is 0 Å². The van der Waals surface area contributed by atoms with Gasteiger partial charge in [0.15, 0.2) is 11.5 Å². The summed E-state index contributed by atoms with van der Waals surface area (Å²) in [6.45, 7) is 0.306. The maximum Gasteiger partial charge on any atom is 0.251 e. The molecule has 0 bridgehead atoms. The van der Waals surface area contributed by atoms with Crippen molar-refractivity contribution in [1.82, 2.24) is 5.32 Å². The zero-order chi connectivity index (χ0) is 13.8. The van der Waals surface area contributed by atoms with Crippen molar-refractivity contribution in [3.05, 3.63) is 53.6 Å². The van der Waals surface area contributed by atoms with Gasteiger partial charge in [-0.1, -0.05) is 12.1 Å². The van der Waals surface area contributed by atoms with Crippen LogP contribution in [0.5, 0.6) is 17.2 Å². The molecule has 0 atom stereocenters.